The fraction of sp³-hybridized carbons (Fsp3) is 0.348. The van der Waals surface area contributed by atoms with Crippen molar-refractivity contribution in [1.82, 2.24) is 15.3 Å². The number of carboxylic acid groups (broad SMARTS) is 1. The predicted molar refractivity (Wildman–Crippen MR) is 117 cm³/mol. The van der Waals surface area contributed by atoms with E-state index in [1.807, 2.05) is 6.92 Å². The fourth-order valence-electron chi connectivity index (χ4n) is 4.31. The van der Waals surface area contributed by atoms with Gasteiger partial charge >= 0.3 is 6.09 Å². The van der Waals surface area contributed by atoms with Crippen molar-refractivity contribution in [3.05, 3.63) is 48.3 Å². The summed E-state index contributed by atoms with van der Waals surface area (Å²) in [6.45, 7) is 3.31. The van der Waals surface area contributed by atoms with E-state index in [1.54, 1.807) is 30.3 Å². The molecule has 31 heavy (non-hydrogen) atoms. The lowest BCUT2D eigenvalue weighted by Gasteiger charge is -2.24. The summed E-state index contributed by atoms with van der Waals surface area (Å²) in [5.74, 6) is 0.783. The standard InChI is InChI=1S/C23H25FN4O3/c1-2-5-18(26-23(30)31)14-10-11-28(13-14)22-17-12-15(24)8-9-19(17)25-21(27-22)16-6-3-4-7-20(16)29/h3-4,6-9,12,14,18,26,29H,2,5,10-11,13H2,1H3,(H,30,31)/t14-,18?/m0/s1. The van der Waals surface area contributed by atoms with Gasteiger partial charge in [-0.1, -0.05) is 25.5 Å². The lowest BCUT2D eigenvalue weighted by atomic mass is 9.95. The number of anilines is 1. The summed E-state index contributed by atoms with van der Waals surface area (Å²) in [6, 6.07) is 11.1. The van der Waals surface area contributed by atoms with Crippen LogP contribution in [0.4, 0.5) is 15.0 Å². The first-order valence-corrected chi connectivity index (χ1v) is 10.5. The van der Waals surface area contributed by atoms with E-state index in [0.717, 1.165) is 19.3 Å². The molecule has 1 amide bonds. The van der Waals surface area contributed by atoms with E-state index in [2.05, 4.69) is 15.2 Å². The van der Waals surface area contributed by atoms with Crippen LogP contribution >= 0.6 is 0 Å². The number of rotatable bonds is 6. The van der Waals surface area contributed by atoms with Crippen molar-refractivity contribution < 1.29 is 19.4 Å². The quantitative estimate of drug-likeness (QED) is 0.542. The Kier molecular flexibility index (Phi) is 5.88. The van der Waals surface area contributed by atoms with Crippen molar-refractivity contribution in [3.8, 4) is 17.1 Å². The number of aromatic hydroxyl groups is 1. The second-order valence-electron chi connectivity index (χ2n) is 7.89. The van der Waals surface area contributed by atoms with Crippen LogP contribution in [0.2, 0.25) is 0 Å². The molecule has 2 atom stereocenters. The summed E-state index contributed by atoms with van der Waals surface area (Å²) in [4.78, 5) is 22.5. The van der Waals surface area contributed by atoms with Crippen LogP contribution in [0.15, 0.2) is 42.5 Å². The number of carbonyl (C=O) groups is 1. The molecule has 1 unspecified atom stereocenters. The van der Waals surface area contributed by atoms with Crippen LogP contribution < -0.4 is 10.2 Å². The van der Waals surface area contributed by atoms with E-state index in [1.165, 1.54) is 12.1 Å². The number of phenolic OH excluding ortho intramolecular Hbond substituents is 1. The molecular formula is C23H25FN4O3. The molecule has 7 nitrogen and oxygen atoms in total. The number of nitrogens with one attached hydrogen (secondary N) is 1. The Labute approximate surface area is 179 Å². The van der Waals surface area contributed by atoms with E-state index < -0.39 is 6.09 Å². The molecule has 3 N–H and O–H groups in total. The normalized spacial score (nSPS) is 17.1. The number of benzene rings is 2. The molecule has 0 saturated carbocycles. The zero-order valence-electron chi connectivity index (χ0n) is 17.3. The van der Waals surface area contributed by atoms with Crippen molar-refractivity contribution in [2.45, 2.75) is 32.2 Å². The lowest BCUT2D eigenvalue weighted by Crippen LogP contribution is -2.40. The van der Waals surface area contributed by atoms with E-state index >= 15 is 0 Å². The summed E-state index contributed by atoms with van der Waals surface area (Å²) in [5.41, 5.74) is 1.09. The highest BCUT2D eigenvalue weighted by atomic mass is 19.1. The monoisotopic (exact) mass is 424 g/mol. The fourth-order valence-corrected chi connectivity index (χ4v) is 4.31. The topological polar surface area (TPSA) is 98.6 Å². The number of hydrogen-bond donors (Lipinski definition) is 3. The van der Waals surface area contributed by atoms with Crippen molar-refractivity contribution in [1.29, 1.82) is 0 Å². The molecule has 4 rings (SSSR count). The van der Waals surface area contributed by atoms with Crippen LogP contribution in [0.3, 0.4) is 0 Å². The summed E-state index contributed by atoms with van der Waals surface area (Å²) in [6.07, 6.45) is 1.42. The van der Waals surface area contributed by atoms with Gasteiger partial charge in [-0.3, -0.25) is 0 Å². The SMILES string of the molecule is CCCC(NC(=O)O)[C@H]1CCN(c2nc(-c3ccccc3O)nc3ccc(F)cc23)C1. The van der Waals surface area contributed by atoms with Gasteiger partial charge in [-0.05, 0) is 49.1 Å². The molecule has 162 valence electrons. The largest absolute Gasteiger partial charge is 0.507 e. The summed E-state index contributed by atoms with van der Waals surface area (Å²) in [7, 11) is 0. The van der Waals surface area contributed by atoms with Crippen LogP contribution in [-0.2, 0) is 0 Å². The maximum atomic E-state index is 14.1. The van der Waals surface area contributed by atoms with E-state index in [-0.39, 0.29) is 23.5 Å². The highest BCUT2D eigenvalue weighted by Gasteiger charge is 2.32. The van der Waals surface area contributed by atoms with Gasteiger partial charge < -0.3 is 20.4 Å². The first-order valence-electron chi connectivity index (χ1n) is 10.5. The minimum absolute atomic E-state index is 0.0721. The zero-order chi connectivity index (χ0) is 22.0. The Morgan fingerprint density at radius 3 is 2.84 bits per heavy atom. The summed E-state index contributed by atoms with van der Waals surface area (Å²) >= 11 is 0. The first-order chi connectivity index (χ1) is 15.0. The Bertz CT molecular complexity index is 1110. The number of halogens is 1. The van der Waals surface area contributed by atoms with Crippen molar-refractivity contribution in [3.63, 3.8) is 0 Å². The van der Waals surface area contributed by atoms with Crippen molar-refractivity contribution in [2.24, 2.45) is 5.92 Å². The van der Waals surface area contributed by atoms with Crippen LogP contribution in [0.1, 0.15) is 26.2 Å². The van der Waals surface area contributed by atoms with Gasteiger partial charge in [0.25, 0.3) is 0 Å². The van der Waals surface area contributed by atoms with Crippen molar-refractivity contribution >= 4 is 22.8 Å². The molecule has 3 aromatic rings. The number of nitrogens with zero attached hydrogens (tertiary/aromatic N) is 3. The molecule has 1 fully saturated rings. The van der Waals surface area contributed by atoms with Gasteiger partial charge in [-0.25, -0.2) is 19.2 Å². The third-order valence-corrected chi connectivity index (χ3v) is 5.78. The van der Waals surface area contributed by atoms with Gasteiger partial charge in [0, 0.05) is 24.5 Å². The minimum Gasteiger partial charge on any atom is -0.507 e. The highest BCUT2D eigenvalue weighted by Crippen LogP contribution is 2.34. The molecule has 1 aliphatic heterocycles. The van der Waals surface area contributed by atoms with E-state index in [9.17, 15) is 19.4 Å². The van der Waals surface area contributed by atoms with Gasteiger partial charge in [0.05, 0.1) is 11.1 Å². The van der Waals surface area contributed by atoms with E-state index in [0.29, 0.717) is 41.2 Å². The predicted octanol–water partition coefficient (Wildman–Crippen LogP) is 4.40. The number of amides is 1. The van der Waals surface area contributed by atoms with E-state index in [4.69, 9.17) is 4.98 Å². The van der Waals surface area contributed by atoms with Crippen LogP contribution in [-0.4, -0.2) is 45.4 Å². The van der Waals surface area contributed by atoms with Gasteiger partial charge in [-0.2, -0.15) is 0 Å². The Hall–Kier alpha value is -3.42. The molecule has 8 heteroatoms. The number of fused-ring (bicyclic) bond motifs is 1. The average molecular weight is 424 g/mol. The molecule has 0 aliphatic carbocycles. The number of aromatic nitrogens is 2. The molecule has 0 radical (unpaired) electrons. The second-order valence-corrected chi connectivity index (χ2v) is 7.89. The van der Waals surface area contributed by atoms with Gasteiger partial charge in [0.2, 0.25) is 0 Å². The number of hydrogen-bond acceptors (Lipinski definition) is 5. The lowest BCUT2D eigenvalue weighted by molar-refractivity contribution is 0.183. The first kappa shape index (κ1) is 20.8. The van der Waals surface area contributed by atoms with Crippen molar-refractivity contribution in [2.75, 3.05) is 18.0 Å². The minimum atomic E-state index is -1.02. The Balaban J connectivity index is 1.73. The maximum Gasteiger partial charge on any atom is 0.404 e. The smallest absolute Gasteiger partial charge is 0.404 e. The molecule has 0 spiro atoms. The average Bonchev–Trinajstić information content (AvgIpc) is 3.23. The molecule has 1 aromatic heterocycles. The number of phenols is 1. The Morgan fingerprint density at radius 2 is 2.10 bits per heavy atom. The molecular weight excluding hydrogens is 399 g/mol. The summed E-state index contributed by atoms with van der Waals surface area (Å²) in [5, 5.41) is 22.7. The van der Waals surface area contributed by atoms with Crippen LogP contribution in [0.25, 0.3) is 22.3 Å². The number of para-hydroxylation sites is 1. The second kappa shape index (κ2) is 8.75. The molecule has 1 saturated heterocycles. The summed E-state index contributed by atoms with van der Waals surface area (Å²) < 4.78 is 14.1. The maximum absolute atomic E-state index is 14.1. The molecule has 2 heterocycles. The third kappa shape index (κ3) is 4.38. The van der Waals surface area contributed by atoms with Gasteiger partial charge in [0.1, 0.15) is 17.4 Å². The van der Waals surface area contributed by atoms with Crippen LogP contribution in [0.5, 0.6) is 5.75 Å². The molecule has 1 aliphatic rings. The van der Waals surface area contributed by atoms with Crippen LogP contribution in [0, 0.1) is 11.7 Å². The molecule has 2 aromatic carbocycles. The third-order valence-electron chi connectivity index (χ3n) is 5.78. The highest BCUT2D eigenvalue weighted by molar-refractivity contribution is 5.91. The Morgan fingerprint density at radius 1 is 1.29 bits per heavy atom. The van der Waals surface area contributed by atoms with Gasteiger partial charge in [-0.15, -0.1) is 0 Å². The van der Waals surface area contributed by atoms with Gasteiger partial charge in [0.15, 0.2) is 5.82 Å². The zero-order valence-corrected chi connectivity index (χ0v) is 17.3. The molecule has 0 bridgehead atoms.